The Kier molecular flexibility index (Phi) is 5.44. The summed E-state index contributed by atoms with van der Waals surface area (Å²) >= 11 is 0. The van der Waals surface area contributed by atoms with E-state index in [9.17, 15) is 5.11 Å². The van der Waals surface area contributed by atoms with Crippen LogP contribution in [-0.4, -0.2) is 42.4 Å². The number of aliphatic hydroxyl groups excluding tert-OH is 1. The lowest BCUT2D eigenvalue weighted by atomic mass is 9.98. The van der Waals surface area contributed by atoms with Gasteiger partial charge in [0.05, 0.1) is 6.10 Å². The van der Waals surface area contributed by atoms with E-state index in [1.54, 1.807) is 0 Å². The van der Waals surface area contributed by atoms with Crippen molar-refractivity contribution in [2.75, 3.05) is 26.2 Å². The van der Waals surface area contributed by atoms with E-state index in [1.165, 1.54) is 11.1 Å². The Morgan fingerprint density at radius 2 is 2.20 bits per heavy atom. The summed E-state index contributed by atoms with van der Waals surface area (Å²) in [7, 11) is 0. The molecule has 2 rings (SSSR count). The Balaban J connectivity index is 1.80. The molecule has 3 heteroatoms. The molecule has 1 heterocycles. The first kappa shape index (κ1) is 15.3. The largest absolute Gasteiger partial charge is 0.492 e. The molecule has 0 radical (unpaired) electrons. The van der Waals surface area contributed by atoms with Crippen molar-refractivity contribution >= 4 is 0 Å². The molecule has 0 unspecified atom stereocenters. The minimum absolute atomic E-state index is 0.156. The van der Waals surface area contributed by atoms with E-state index in [-0.39, 0.29) is 6.10 Å². The Hall–Kier alpha value is -1.06. The molecule has 0 bridgehead atoms. The minimum Gasteiger partial charge on any atom is -0.492 e. The van der Waals surface area contributed by atoms with E-state index < -0.39 is 0 Å². The Morgan fingerprint density at radius 1 is 1.40 bits per heavy atom. The van der Waals surface area contributed by atoms with Crippen molar-refractivity contribution in [1.82, 2.24) is 4.90 Å². The van der Waals surface area contributed by atoms with Crippen LogP contribution in [0.1, 0.15) is 43.7 Å². The zero-order valence-corrected chi connectivity index (χ0v) is 12.9. The SMILES string of the molecule is Cc1cc(OCCN2CCC[C@H](O)C2)ccc1C(C)C. The Bertz CT molecular complexity index is 431. The lowest BCUT2D eigenvalue weighted by Crippen LogP contribution is -2.40. The number of benzene rings is 1. The van der Waals surface area contributed by atoms with Gasteiger partial charge in [-0.1, -0.05) is 19.9 Å². The first-order valence-electron chi connectivity index (χ1n) is 7.70. The molecule has 0 saturated carbocycles. The van der Waals surface area contributed by atoms with Crippen LogP contribution in [0.3, 0.4) is 0 Å². The van der Waals surface area contributed by atoms with E-state index >= 15 is 0 Å². The maximum atomic E-state index is 9.63. The number of aliphatic hydroxyl groups is 1. The molecule has 1 aliphatic rings. The van der Waals surface area contributed by atoms with Crippen molar-refractivity contribution in [3.63, 3.8) is 0 Å². The molecule has 1 fully saturated rings. The molecule has 1 N–H and O–H groups in total. The van der Waals surface area contributed by atoms with Gasteiger partial charge in [-0.3, -0.25) is 4.90 Å². The first-order valence-corrected chi connectivity index (χ1v) is 7.70. The zero-order valence-electron chi connectivity index (χ0n) is 12.9. The molecule has 1 aromatic rings. The zero-order chi connectivity index (χ0) is 14.5. The summed E-state index contributed by atoms with van der Waals surface area (Å²) in [5.41, 5.74) is 2.68. The maximum Gasteiger partial charge on any atom is 0.119 e. The van der Waals surface area contributed by atoms with Gasteiger partial charge in [0.25, 0.3) is 0 Å². The minimum atomic E-state index is -0.156. The molecule has 0 spiro atoms. The van der Waals surface area contributed by atoms with Crippen LogP contribution in [0, 0.1) is 6.92 Å². The lowest BCUT2D eigenvalue weighted by molar-refractivity contribution is 0.0633. The topological polar surface area (TPSA) is 32.7 Å². The average molecular weight is 277 g/mol. The molecular formula is C17H27NO2. The highest BCUT2D eigenvalue weighted by atomic mass is 16.5. The summed E-state index contributed by atoms with van der Waals surface area (Å²) in [5, 5.41) is 9.63. The third-order valence-electron chi connectivity index (χ3n) is 4.02. The van der Waals surface area contributed by atoms with Gasteiger partial charge >= 0.3 is 0 Å². The van der Waals surface area contributed by atoms with Crippen molar-refractivity contribution in [1.29, 1.82) is 0 Å². The number of likely N-dealkylation sites (tertiary alicyclic amines) is 1. The summed E-state index contributed by atoms with van der Waals surface area (Å²) in [6.07, 6.45) is 1.87. The van der Waals surface area contributed by atoms with Gasteiger partial charge in [0.2, 0.25) is 0 Å². The van der Waals surface area contributed by atoms with Gasteiger partial charge in [0.1, 0.15) is 12.4 Å². The van der Waals surface area contributed by atoms with Gasteiger partial charge in [-0.15, -0.1) is 0 Å². The fourth-order valence-electron chi connectivity index (χ4n) is 2.91. The van der Waals surface area contributed by atoms with Crippen LogP contribution >= 0.6 is 0 Å². The van der Waals surface area contributed by atoms with E-state index in [4.69, 9.17) is 4.74 Å². The van der Waals surface area contributed by atoms with Gasteiger partial charge < -0.3 is 9.84 Å². The van der Waals surface area contributed by atoms with E-state index in [0.29, 0.717) is 12.5 Å². The molecule has 1 aliphatic heterocycles. The fourth-order valence-corrected chi connectivity index (χ4v) is 2.91. The van der Waals surface area contributed by atoms with Crippen molar-refractivity contribution < 1.29 is 9.84 Å². The Labute approximate surface area is 122 Å². The number of nitrogens with zero attached hydrogens (tertiary/aromatic N) is 1. The first-order chi connectivity index (χ1) is 9.56. The number of β-amino-alcohol motifs (C(OH)–C–C–N with tert-alkyl or cyclic N) is 1. The van der Waals surface area contributed by atoms with Gasteiger partial charge in [0.15, 0.2) is 0 Å². The summed E-state index contributed by atoms with van der Waals surface area (Å²) in [5.74, 6) is 1.50. The second kappa shape index (κ2) is 7.09. The standard InChI is InChI=1S/C17H27NO2/c1-13(2)17-7-6-16(11-14(17)3)20-10-9-18-8-4-5-15(19)12-18/h6-7,11,13,15,19H,4-5,8-10,12H2,1-3H3/t15-/m0/s1. The molecule has 0 amide bonds. The van der Waals surface area contributed by atoms with Crippen LogP contribution < -0.4 is 4.74 Å². The molecule has 20 heavy (non-hydrogen) atoms. The van der Waals surface area contributed by atoms with E-state index in [1.807, 2.05) is 0 Å². The summed E-state index contributed by atoms with van der Waals surface area (Å²) < 4.78 is 5.84. The molecule has 1 saturated heterocycles. The molecule has 112 valence electrons. The van der Waals surface area contributed by atoms with Gasteiger partial charge in [-0.2, -0.15) is 0 Å². The number of ether oxygens (including phenoxy) is 1. The number of aryl methyl sites for hydroxylation is 1. The quantitative estimate of drug-likeness (QED) is 0.898. The smallest absolute Gasteiger partial charge is 0.119 e. The second-order valence-corrected chi connectivity index (χ2v) is 6.12. The Morgan fingerprint density at radius 3 is 2.85 bits per heavy atom. The molecular weight excluding hydrogens is 250 g/mol. The summed E-state index contributed by atoms with van der Waals surface area (Å²) in [6.45, 7) is 10.0. The average Bonchev–Trinajstić information content (AvgIpc) is 2.38. The van der Waals surface area contributed by atoms with Gasteiger partial charge in [0, 0.05) is 13.1 Å². The van der Waals surface area contributed by atoms with Crippen LogP contribution in [0.15, 0.2) is 18.2 Å². The molecule has 0 aromatic heterocycles. The monoisotopic (exact) mass is 277 g/mol. The van der Waals surface area contributed by atoms with Crippen LogP contribution in [0.2, 0.25) is 0 Å². The van der Waals surface area contributed by atoms with Crippen molar-refractivity contribution in [3.05, 3.63) is 29.3 Å². The summed E-state index contributed by atoms with van der Waals surface area (Å²) in [6, 6.07) is 6.35. The normalized spacial score (nSPS) is 20.4. The lowest BCUT2D eigenvalue weighted by Gasteiger charge is -2.29. The predicted molar refractivity (Wildman–Crippen MR) is 82.4 cm³/mol. The van der Waals surface area contributed by atoms with Crippen molar-refractivity contribution in [3.8, 4) is 5.75 Å². The van der Waals surface area contributed by atoms with Crippen molar-refractivity contribution in [2.45, 2.75) is 45.6 Å². The highest BCUT2D eigenvalue weighted by Gasteiger charge is 2.17. The number of rotatable bonds is 5. The number of hydrogen-bond acceptors (Lipinski definition) is 3. The van der Waals surface area contributed by atoms with Crippen molar-refractivity contribution in [2.24, 2.45) is 0 Å². The molecule has 1 aromatic carbocycles. The molecule has 1 atom stereocenters. The highest BCUT2D eigenvalue weighted by molar-refractivity contribution is 5.36. The molecule has 0 aliphatic carbocycles. The maximum absolute atomic E-state index is 9.63. The predicted octanol–water partition coefficient (Wildman–Crippen LogP) is 2.95. The number of hydrogen-bond donors (Lipinski definition) is 1. The van der Waals surface area contributed by atoms with Crippen LogP contribution in [0.5, 0.6) is 5.75 Å². The third kappa shape index (κ3) is 4.22. The van der Waals surface area contributed by atoms with E-state index in [2.05, 4.69) is 43.9 Å². The van der Waals surface area contributed by atoms with Crippen LogP contribution in [0.25, 0.3) is 0 Å². The van der Waals surface area contributed by atoms with Gasteiger partial charge in [-0.05, 0) is 55.5 Å². The fraction of sp³-hybridized carbons (Fsp3) is 0.647. The van der Waals surface area contributed by atoms with E-state index in [0.717, 1.165) is 38.2 Å². The summed E-state index contributed by atoms with van der Waals surface area (Å²) in [4.78, 5) is 2.28. The van der Waals surface area contributed by atoms with Crippen LogP contribution in [-0.2, 0) is 0 Å². The van der Waals surface area contributed by atoms with Gasteiger partial charge in [-0.25, -0.2) is 0 Å². The third-order valence-corrected chi connectivity index (χ3v) is 4.02. The number of piperidine rings is 1. The molecule has 3 nitrogen and oxygen atoms in total. The highest BCUT2D eigenvalue weighted by Crippen LogP contribution is 2.23. The van der Waals surface area contributed by atoms with Crippen LogP contribution in [0.4, 0.5) is 0 Å². The second-order valence-electron chi connectivity index (χ2n) is 6.12.